The molecule has 0 aliphatic carbocycles. The van der Waals surface area contributed by atoms with Crippen LogP contribution in [0.3, 0.4) is 0 Å². The first-order chi connectivity index (χ1) is 14.5. The first-order valence-corrected chi connectivity index (χ1v) is 10.0. The number of esters is 1. The zero-order valence-corrected chi connectivity index (χ0v) is 17.4. The third-order valence-corrected chi connectivity index (χ3v) is 5.13. The van der Waals surface area contributed by atoms with E-state index in [1.807, 2.05) is 43.3 Å². The minimum Gasteiger partial charge on any atom is -0.487 e. The van der Waals surface area contributed by atoms with Gasteiger partial charge in [0.25, 0.3) is 0 Å². The molecule has 0 aliphatic heterocycles. The number of rotatable bonds is 7. The lowest BCUT2D eigenvalue weighted by Gasteiger charge is -2.10. The van der Waals surface area contributed by atoms with Gasteiger partial charge in [-0.2, -0.15) is 5.26 Å². The number of carbonyl (C=O) groups is 1. The second-order valence-corrected chi connectivity index (χ2v) is 7.35. The standard InChI is InChI=1S/C22H20N4O3S/c1-14-6-8-17(9-7-14)29-12-19-18(11-23)20(24)26-22(25-19)30-13-15-4-3-5-16(10-15)21(27)28-2/h3-10H,12-13H2,1-2H3,(H2,24,25,26). The van der Waals surface area contributed by atoms with Crippen molar-refractivity contribution in [3.8, 4) is 11.8 Å². The number of carbonyl (C=O) groups excluding carboxylic acids is 1. The maximum atomic E-state index is 11.7. The fraction of sp³-hybridized carbons (Fsp3) is 0.182. The molecular weight excluding hydrogens is 400 g/mol. The van der Waals surface area contributed by atoms with Gasteiger partial charge in [-0.3, -0.25) is 0 Å². The first kappa shape index (κ1) is 21.1. The number of hydrogen-bond donors (Lipinski definition) is 1. The summed E-state index contributed by atoms with van der Waals surface area (Å²) in [5.74, 6) is 0.918. The van der Waals surface area contributed by atoms with E-state index in [1.165, 1.54) is 18.9 Å². The number of aromatic nitrogens is 2. The van der Waals surface area contributed by atoms with Crippen molar-refractivity contribution in [2.75, 3.05) is 12.8 Å². The van der Waals surface area contributed by atoms with Crippen molar-refractivity contribution in [3.63, 3.8) is 0 Å². The zero-order valence-electron chi connectivity index (χ0n) is 16.6. The summed E-state index contributed by atoms with van der Waals surface area (Å²) >= 11 is 1.35. The number of nitrogens with two attached hydrogens (primary N) is 1. The van der Waals surface area contributed by atoms with Crippen LogP contribution in [0.1, 0.15) is 32.7 Å². The van der Waals surface area contributed by atoms with Gasteiger partial charge in [0.2, 0.25) is 0 Å². The Morgan fingerprint density at radius 1 is 1.20 bits per heavy atom. The number of aryl methyl sites for hydroxylation is 1. The van der Waals surface area contributed by atoms with Crippen LogP contribution in [-0.4, -0.2) is 23.0 Å². The highest BCUT2D eigenvalue weighted by Gasteiger charge is 2.14. The summed E-state index contributed by atoms with van der Waals surface area (Å²) in [5, 5.41) is 9.85. The van der Waals surface area contributed by atoms with Gasteiger partial charge in [0, 0.05) is 5.75 Å². The van der Waals surface area contributed by atoms with Crippen molar-refractivity contribution in [1.82, 2.24) is 9.97 Å². The second kappa shape index (κ2) is 9.76. The molecule has 2 aromatic carbocycles. The molecule has 0 spiro atoms. The Morgan fingerprint density at radius 3 is 2.67 bits per heavy atom. The van der Waals surface area contributed by atoms with Gasteiger partial charge < -0.3 is 15.2 Å². The molecule has 0 atom stereocenters. The van der Waals surface area contributed by atoms with E-state index in [9.17, 15) is 10.1 Å². The maximum Gasteiger partial charge on any atom is 0.337 e. The van der Waals surface area contributed by atoms with Crippen molar-refractivity contribution >= 4 is 23.5 Å². The molecule has 3 rings (SSSR count). The highest BCUT2D eigenvalue weighted by Crippen LogP contribution is 2.24. The van der Waals surface area contributed by atoms with Crippen molar-refractivity contribution in [1.29, 1.82) is 5.26 Å². The maximum absolute atomic E-state index is 11.7. The highest BCUT2D eigenvalue weighted by molar-refractivity contribution is 7.98. The Balaban J connectivity index is 1.75. The minimum atomic E-state index is -0.392. The van der Waals surface area contributed by atoms with Crippen LogP contribution in [0, 0.1) is 18.3 Å². The summed E-state index contributed by atoms with van der Waals surface area (Å²) in [6.45, 7) is 2.09. The fourth-order valence-corrected chi connectivity index (χ4v) is 3.45. The van der Waals surface area contributed by atoms with Crippen LogP contribution in [0.4, 0.5) is 5.82 Å². The van der Waals surface area contributed by atoms with E-state index in [0.717, 1.165) is 11.1 Å². The van der Waals surface area contributed by atoms with E-state index in [2.05, 4.69) is 9.97 Å². The average molecular weight is 420 g/mol. The summed E-state index contributed by atoms with van der Waals surface area (Å²) in [5.41, 5.74) is 9.11. The van der Waals surface area contributed by atoms with E-state index in [-0.39, 0.29) is 18.0 Å². The van der Waals surface area contributed by atoms with Crippen molar-refractivity contribution in [2.24, 2.45) is 0 Å². The van der Waals surface area contributed by atoms with Crippen LogP contribution >= 0.6 is 11.8 Å². The summed E-state index contributed by atoms with van der Waals surface area (Å²) in [6.07, 6.45) is 0. The molecule has 2 N–H and O–H groups in total. The number of nitrogen functional groups attached to an aromatic ring is 1. The molecule has 30 heavy (non-hydrogen) atoms. The van der Waals surface area contributed by atoms with E-state index in [0.29, 0.717) is 27.9 Å². The number of nitriles is 1. The van der Waals surface area contributed by atoms with E-state index >= 15 is 0 Å². The van der Waals surface area contributed by atoms with Gasteiger partial charge in [-0.1, -0.05) is 41.6 Å². The van der Waals surface area contributed by atoms with Gasteiger partial charge in [0.1, 0.15) is 35.5 Å². The smallest absolute Gasteiger partial charge is 0.337 e. The molecule has 0 saturated heterocycles. The number of ether oxygens (including phenoxy) is 2. The molecule has 0 saturated carbocycles. The van der Waals surface area contributed by atoms with E-state index < -0.39 is 5.97 Å². The normalized spacial score (nSPS) is 10.3. The van der Waals surface area contributed by atoms with Gasteiger partial charge in [-0.25, -0.2) is 14.8 Å². The van der Waals surface area contributed by atoms with Gasteiger partial charge >= 0.3 is 5.97 Å². The number of methoxy groups -OCH3 is 1. The third-order valence-electron chi connectivity index (χ3n) is 4.22. The third kappa shape index (κ3) is 5.27. The average Bonchev–Trinajstić information content (AvgIpc) is 2.76. The van der Waals surface area contributed by atoms with Crippen LogP contribution in [0.25, 0.3) is 0 Å². The Morgan fingerprint density at radius 2 is 1.97 bits per heavy atom. The predicted molar refractivity (Wildman–Crippen MR) is 114 cm³/mol. The second-order valence-electron chi connectivity index (χ2n) is 6.41. The summed E-state index contributed by atoms with van der Waals surface area (Å²) in [4.78, 5) is 20.4. The van der Waals surface area contributed by atoms with Crippen LogP contribution < -0.4 is 10.5 Å². The largest absolute Gasteiger partial charge is 0.487 e. The van der Waals surface area contributed by atoms with Crippen molar-refractivity contribution in [3.05, 3.63) is 76.5 Å². The Hall–Kier alpha value is -3.57. The van der Waals surface area contributed by atoms with Crippen LogP contribution in [0.15, 0.2) is 53.7 Å². The Bertz CT molecular complexity index is 1090. The molecule has 0 bridgehead atoms. The number of anilines is 1. The van der Waals surface area contributed by atoms with Crippen LogP contribution in [0.2, 0.25) is 0 Å². The lowest BCUT2D eigenvalue weighted by atomic mass is 10.1. The van der Waals surface area contributed by atoms with Gasteiger partial charge in [-0.05, 0) is 36.8 Å². The van der Waals surface area contributed by atoms with Gasteiger partial charge in [-0.15, -0.1) is 0 Å². The van der Waals surface area contributed by atoms with E-state index in [1.54, 1.807) is 18.2 Å². The van der Waals surface area contributed by atoms with Crippen LogP contribution in [-0.2, 0) is 17.1 Å². The molecule has 0 aliphatic rings. The molecule has 1 heterocycles. The Labute approximate surface area is 178 Å². The lowest BCUT2D eigenvalue weighted by Crippen LogP contribution is -2.08. The molecule has 3 aromatic rings. The molecule has 7 nitrogen and oxygen atoms in total. The number of hydrogen-bond acceptors (Lipinski definition) is 8. The van der Waals surface area contributed by atoms with Gasteiger partial charge in [0.05, 0.1) is 12.7 Å². The SMILES string of the molecule is COC(=O)c1cccc(CSc2nc(N)c(C#N)c(COc3ccc(C)cc3)n2)c1. The molecule has 0 fully saturated rings. The van der Waals surface area contributed by atoms with E-state index in [4.69, 9.17) is 15.2 Å². The zero-order chi connectivity index (χ0) is 21.5. The molecular formula is C22H20N4O3S. The summed E-state index contributed by atoms with van der Waals surface area (Å²) in [6, 6.07) is 16.8. The van der Waals surface area contributed by atoms with Gasteiger partial charge in [0.15, 0.2) is 5.16 Å². The molecule has 0 radical (unpaired) electrons. The molecule has 0 amide bonds. The first-order valence-electron chi connectivity index (χ1n) is 9.06. The van der Waals surface area contributed by atoms with Crippen LogP contribution in [0.5, 0.6) is 5.75 Å². The molecule has 152 valence electrons. The quantitative estimate of drug-likeness (QED) is 0.348. The fourth-order valence-electron chi connectivity index (χ4n) is 2.63. The number of thioether (sulfide) groups is 1. The number of nitrogens with zero attached hydrogens (tertiary/aromatic N) is 3. The monoisotopic (exact) mass is 420 g/mol. The number of benzene rings is 2. The Kier molecular flexibility index (Phi) is 6.88. The minimum absolute atomic E-state index is 0.101. The molecule has 1 aromatic heterocycles. The lowest BCUT2D eigenvalue weighted by molar-refractivity contribution is 0.0600. The molecule has 8 heteroatoms. The summed E-state index contributed by atoms with van der Waals surface area (Å²) in [7, 11) is 1.34. The summed E-state index contributed by atoms with van der Waals surface area (Å²) < 4.78 is 10.5. The predicted octanol–water partition coefficient (Wildman–Crippen LogP) is 3.90. The topological polar surface area (TPSA) is 111 Å². The highest BCUT2D eigenvalue weighted by atomic mass is 32.2. The molecule has 0 unspecified atom stereocenters. The van der Waals surface area contributed by atoms with Crippen molar-refractivity contribution in [2.45, 2.75) is 24.4 Å². The van der Waals surface area contributed by atoms with Crippen molar-refractivity contribution < 1.29 is 14.3 Å².